The van der Waals surface area contributed by atoms with Crippen molar-refractivity contribution in [1.29, 1.82) is 0 Å². The minimum Gasteiger partial charge on any atom is -0.493 e. The predicted octanol–water partition coefficient (Wildman–Crippen LogP) is 18.0. The molecule has 0 unspecified atom stereocenters. The summed E-state index contributed by atoms with van der Waals surface area (Å²) in [5.41, 5.74) is 1.77. The number of ether oxygens (including phenoxy) is 2. The first-order valence-corrected chi connectivity index (χ1v) is 32.0. The van der Waals surface area contributed by atoms with Crippen molar-refractivity contribution in [1.82, 2.24) is 0 Å². The van der Waals surface area contributed by atoms with Gasteiger partial charge in [0.05, 0.1) is 30.8 Å². The van der Waals surface area contributed by atoms with Gasteiger partial charge >= 0.3 is 5.97 Å². The molecule has 440 valence electrons. The van der Waals surface area contributed by atoms with Crippen molar-refractivity contribution in [2.24, 2.45) is 34.5 Å². The second kappa shape index (κ2) is 36.0. The predicted molar refractivity (Wildman–Crippen MR) is 323 cm³/mol. The Morgan fingerprint density at radius 3 is 1.90 bits per heavy atom. The summed E-state index contributed by atoms with van der Waals surface area (Å²) in [4.78, 5) is 55.2. The minimum atomic E-state index is -1.25. The number of ketones is 2. The maximum absolute atomic E-state index is 15.1. The monoisotopic (exact) mass is 1080 g/mol. The van der Waals surface area contributed by atoms with Gasteiger partial charge in [-0.3, -0.25) is 19.2 Å². The number of allylic oxidation sites excluding steroid dienone is 13. The molecule has 0 bridgehead atoms. The van der Waals surface area contributed by atoms with Crippen molar-refractivity contribution < 1.29 is 38.9 Å². The second-order valence-electron chi connectivity index (χ2n) is 24.9. The van der Waals surface area contributed by atoms with E-state index in [2.05, 4.69) is 77.2 Å². The summed E-state index contributed by atoms with van der Waals surface area (Å²) in [6, 6.07) is 0. The minimum absolute atomic E-state index is 0.0925. The van der Waals surface area contributed by atoms with Crippen LogP contribution in [0.3, 0.4) is 0 Å². The Bertz CT molecular complexity index is 2060. The molecule has 0 saturated heterocycles. The number of carbonyl (C=O) groups excluding carboxylic acids is 4. The Morgan fingerprint density at radius 2 is 1.31 bits per heavy atom. The van der Waals surface area contributed by atoms with Gasteiger partial charge in [0, 0.05) is 35.7 Å². The van der Waals surface area contributed by atoms with Gasteiger partial charge in [0.1, 0.15) is 6.29 Å². The molecule has 78 heavy (non-hydrogen) atoms. The summed E-state index contributed by atoms with van der Waals surface area (Å²) in [6.45, 7) is 14.8. The smallest absolute Gasteiger partial charge is 0.305 e. The largest absolute Gasteiger partial charge is 0.493 e. The van der Waals surface area contributed by atoms with E-state index >= 15 is 4.79 Å². The van der Waals surface area contributed by atoms with E-state index in [-0.39, 0.29) is 47.7 Å². The summed E-state index contributed by atoms with van der Waals surface area (Å²) in [6.07, 6.45) is 51.7. The molecule has 2 fully saturated rings. The van der Waals surface area contributed by atoms with Crippen LogP contribution in [0.1, 0.15) is 273 Å². The number of unbranched alkanes of at least 4 members (excludes halogenated alkanes) is 20. The van der Waals surface area contributed by atoms with Gasteiger partial charge in [0.25, 0.3) is 0 Å². The fraction of sp³-hybridized carbons (Fsp3) is 0.743. The number of aliphatic hydroxyl groups is 2. The first-order valence-electron chi connectivity index (χ1n) is 32.0. The molecule has 0 radical (unpaired) electrons. The van der Waals surface area contributed by atoms with Crippen molar-refractivity contribution in [3.8, 4) is 0 Å². The molecule has 8 nitrogen and oxygen atoms in total. The van der Waals surface area contributed by atoms with Crippen LogP contribution in [-0.4, -0.2) is 59.5 Å². The van der Waals surface area contributed by atoms with Crippen LogP contribution in [0.25, 0.3) is 0 Å². The summed E-state index contributed by atoms with van der Waals surface area (Å²) in [5, 5.41) is 25.8. The highest BCUT2D eigenvalue weighted by Crippen LogP contribution is 2.65. The molecule has 4 aliphatic carbocycles. The molecule has 0 aliphatic heterocycles. The summed E-state index contributed by atoms with van der Waals surface area (Å²) >= 11 is 0. The molecule has 0 heterocycles. The van der Waals surface area contributed by atoms with E-state index in [0.29, 0.717) is 63.4 Å². The van der Waals surface area contributed by atoms with Crippen molar-refractivity contribution in [2.45, 2.75) is 285 Å². The Labute approximate surface area is 476 Å². The number of methoxy groups -OCH3 is 1. The SMILES string of the molecule is CCCC/C=C\CCCCCCCCC[C@@]12C(=O)C(OC)=CC(=O)[C@@H]1CC([C@@H]1CC[C@]3([C@H](CCCOC(=O)CCCCCCCCC/C=C\CCCCCC)/C(=C(/C)C=O)CC[C@]3(C)O)[C@@H]1O)=C[C@H]2/C=C(\C)CCC=C(C)C. The summed E-state index contributed by atoms with van der Waals surface area (Å²) in [7, 11) is 1.49. The molecule has 0 aromatic rings. The zero-order valence-corrected chi connectivity index (χ0v) is 50.9. The van der Waals surface area contributed by atoms with E-state index in [1.165, 1.54) is 121 Å². The van der Waals surface area contributed by atoms with Gasteiger partial charge in [0.2, 0.25) is 5.78 Å². The molecule has 4 rings (SSSR count). The van der Waals surface area contributed by atoms with Gasteiger partial charge in [-0.1, -0.05) is 181 Å². The first kappa shape index (κ1) is 66.9. The van der Waals surface area contributed by atoms with Crippen LogP contribution in [0, 0.1) is 34.5 Å². The van der Waals surface area contributed by atoms with Crippen LogP contribution < -0.4 is 0 Å². The van der Waals surface area contributed by atoms with Gasteiger partial charge < -0.3 is 19.7 Å². The van der Waals surface area contributed by atoms with E-state index in [9.17, 15) is 24.6 Å². The number of aldehydes is 1. The lowest BCUT2D eigenvalue weighted by atomic mass is 9.51. The number of rotatable bonds is 39. The lowest BCUT2D eigenvalue weighted by molar-refractivity contribution is -0.168. The Hall–Kier alpha value is -3.62. The maximum atomic E-state index is 15.1. The third-order valence-corrected chi connectivity index (χ3v) is 18.8. The van der Waals surface area contributed by atoms with Crippen LogP contribution >= 0.6 is 0 Å². The highest BCUT2D eigenvalue weighted by atomic mass is 16.5. The highest BCUT2D eigenvalue weighted by molar-refractivity contribution is 6.12. The molecule has 1 spiro atoms. The standard InChI is InChI=1S/C70H112O8/c1-9-11-13-15-17-19-21-23-24-25-27-29-31-33-35-42-65(73)78-48-38-41-61-59(56(6)53-71)43-46-68(7,76)70(61)47-44-60(66(70)74)57-50-58(49-55(5)40-37-39-54(3)4)69(62(51-57)63(72)52-64(77-8)67(69)75)45-36-34-32-30-28-26-22-20-18-16-14-12-10-2/h16,18-19,21,39,49-50,52-53,58,60-62,66,74,76H,9-15,17,20,22-38,40-48,51H2,1-8H3/b18-16-,21-19-,55-49+,59-56-/t58-,60+,61-,62+,66-,68+,69+,70+/m1/s1. The lowest BCUT2D eigenvalue weighted by Gasteiger charge is -2.56. The van der Waals surface area contributed by atoms with Crippen LogP contribution in [0.4, 0.5) is 0 Å². The zero-order chi connectivity index (χ0) is 56.8. The lowest BCUT2D eigenvalue weighted by Crippen LogP contribution is -2.59. The van der Waals surface area contributed by atoms with E-state index in [4.69, 9.17) is 9.47 Å². The normalized spacial score (nSPS) is 27.1. The Balaban J connectivity index is 1.48. The molecular formula is C70H112O8. The number of carbonyl (C=O) groups is 4. The van der Waals surface area contributed by atoms with Gasteiger partial charge in [-0.25, -0.2) is 0 Å². The average Bonchev–Trinajstić information content (AvgIpc) is 3.92. The topological polar surface area (TPSA) is 127 Å². The summed E-state index contributed by atoms with van der Waals surface area (Å²) < 4.78 is 11.5. The number of hydrogen-bond acceptors (Lipinski definition) is 8. The quantitative estimate of drug-likeness (QED) is 0.0205. The maximum Gasteiger partial charge on any atom is 0.305 e. The third-order valence-electron chi connectivity index (χ3n) is 18.8. The van der Waals surface area contributed by atoms with Gasteiger partial charge in [0.15, 0.2) is 11.5 Å². The molecular weight excluding hydrogens is 969 g/mol. The van der Waals surface area contributed by atoms with E-state index in [1.807, 2.05) is 13.8 Å². The summed E-state index contributed by atoms with van der Waals surface area (Å²) in [5.74, 6) is -1.91. The highest BCUT2D eigenvalue weighted by Gasteiger charge is 2.65. The number of fused-ring (bicyclic) bond motifs is 1. The van der Waals surface area contributed by atoms with Crippen LogP contribution in [0.5, 0.6) is 0 Å². The Morgan fingerprint density at radius 1 is 0.731 bits per heavy atom. The average molecular weight is 1080 g/mol. The van der Waals surface area contributed by atoms with E-state index < -0.39 is 28.5 Å². The van der Waals surface area contributed by atoms with E-state index in [0.717, 1.165) is 87.2 Å². The number of aliphatic hydroxyl groups excluding tert-OH is 1. The second-order valence-corrected chi connectivity index (χ2v) is 24.9. The number of hydrogen-bond donors (Lipinski definition) is 2. The fourth-order valence-electron chi connectivity index (χ4n) is 14.2. The van der Waals surface area contributed by atoms with Crippen LogP contribution in [-0.2, 0) is 28.7 Å². The van der Waals surface area contributed by atoms with Gasteiger partial charge in [-0.2, -0.15) is 0 Å². The van der Waals surface area contributed by atoms with Crippen molar-refractivity contribution in [3.05, 3.63) is 82.2 Å². The van der Waals surface area contributed by atoms with Crippen LogP contribution in [0.15, 0.2) is 82.2 Å². The van der Waals surface area contributed by atoms with Crippen LogP contribution in [0.2, 0.25) is 0 Å². The van der Waals surface area contributed by atoms with Crippen molar-refractivity contribution >= 4 is 23.8 Å². The zero-order valence-electron chi connectivity index (χ0n) is 50.9. The fourth-order valence-corrected chi connectivity index (χ4v) is 14.2. The molecule has 0 amide bonds. The molecule has 0 aromatic heterocycles. The van der Waals surface area contributed by atoms with Crippen molar-refractivity contribution in [2.75, 3.05) is 13.7 Å². The molecule has 4 aliphatic rings. The Kier molecular flexibility index (Phi) is 30.8. The molecule has 8 atom stereocenters. The molecule has 8 heteroatoms. The number of Topliss-reactive ketones (excluding diaryl/α,β-unsaturated/α-hetero) is 1. The van der Waals surface area contributed by atoms with Crippen molar-refractivity contribution in [3.63, 3.8) is 0 Å². The third kappa shape index (κ3) is 19.5. The molecule has 2 saturated carbocycles. The first-order chi connectivity index (χ1) is 37.6. The van der Waals surface area contributed by atoms with Gasteiger partial charge in [-0.05, 0) is 162 Å². The molecule has 2 N–H and O–H groups in total. The van der Waals surface area contributed by atoms with E-state index in [1.54, 1.807) is 0 Å². The van der Waals surface area contributed by atoms with Gasteiger partial charge in [-0.15, -0.1) is 0 Å². The number of esters is 1. The molecule has 0 aromatic carbocycles.